The number of benzene rings is 2. The third kappa shape index (κ3) is 3.07. The first-order chi connectivity index (χ1) is 11.0. The van der Waals surface area contributed by atoms with Crippen LogP contribution in [0.5, 0.6) is 0 Å². The molecule has 5 nitrogen and oxygen atoms in total. The van der Waals surface area contributed by atoms with Crippen molar-refractivity contribution in [2.45, 2.75) is 0 Å². The van der Waals surface area contributed by atoms with Crippen LogP contribution in [-0.2, 0) is 9.59 Å². The van der Waals surface area contributed by atoms with Gasteiger partial charge in [-0.3, -0.25) is 19.3 Å². The average Bonchev–Trinajstić information content (AvgIpc) is 2.74. The maximum Gasteiger partial charge on any atom is 0.299 e. The molecule has 0 saturated heterocycles. The molecule has 7 heteroatoms. The first-order valence-corrected chi connectivity index (χ1v) is 8.26. The van der Waals surface area contributed by atoms with Gasteiger partial charge in [-0.25, -0.2) is 0 Å². The number of rotatable bonds is 3. The number of hydrogen-bond acceptors (Lipinski definition) is 3. The minimum absolute atomic E-state index is 0.222. The van der Waals surface area contributed by atoms with Gasteiger partial charge in [-0.2, -0.15) is 0 Å². The van der Waals surface area contributed by atoms with Crippen molar-refractivity contribution in [3.8, 4) is 0 Å². The van der Waals surface area contributed by atoms with Crippen LogP contribution in [0.4, 0.5) is 11.4 Å². The second-order valence-electron chi connectivity index (χ2n) is 4.91. The van der Waals surface area contributed by atoms with Crippen LogP contribution in [0.1, 0.15) is 10.4 Å². The highest BCUT2D eigenvalue weighted by molar-refractivity contribution is 9.10. The Bertz CT molecular complexity index is 836. The molecule has 0 bridgehead atoms. The average molecular weight is 438 g/mol. The van der Waals surface area contributed by atoms with Crippen LogP contribution < -0.4 is 10.2 Å². The molecule has 2 aromatic carbocycles. The fourth-order valence-electron chi connectivity index (χ4n) is 2.33. The summed E-state index contributed by atoms with van der Waals surface area (Å²) < 4.78 is 1.44. The van der Waals surface area contributed by atoms with E-state index < -0.39 is 11.7 Å². The number of Topliss-reactive ketones (excluding diaryl/α,β-unsaturated/α-hetero) is 1. The van der Waals surface area contributed by atoms with E-state index in [1.807, 2.05) is 6.07 Å². The Kier molecular flexibility index (Phi) is 4.32. The van der Waals surface area contributed by atoms with Gasteiger partial charge < -0.3 is 5.32 Å². The number of ketones is 1. The van der Waals surface area contributed by atoms with Crippen molar-refractivity contribution in [1.82, 2.24) is 0 Å². The van der Waals surface area contributed by atoms with E-state index in [1.54, 1.807) is 36.4 Å². The molecule has 23 heavy (non-hydrogen) atoms. The molecule has 1 heterocycles. The topological polar surface area (TPSA) is 66.5 Å². The number of anilines is 2. The SMILES string of the molecule is O=C(CN1C(=O)C(=O)c2cc(Br)ccc21)Nc1ccccc1Br. The number of halogens is 2. The molecule has 0 aliphatic carbocycles. The molecule has 0 radical (unpaired) electrons. The summed E-state index contributed by atoms with van der Waals surface area (Å²) >= 11 is 6.61. The molecule has 1 N–H and O–H groups in total. The number of fused-ring (bicyclic) bond motifs is 1. The predicted octanol–water partition coefficient (Wildman–Crippen LogP) is 3.38. The zero-order valence-corrected chi connectivity index (χ0v) is 14.8. The molecule has 0 aromatic heterocycles. The molecule has 1 aliphatic heterocycles. The van der Waals surface area contributed by atoms with Crippen molar-refractivity contribution in [2.75, 3.05) is 16.8 Å². The Morgan fingerprint density at radius 3 is 2.57 bits per heavy atom. The minimum atomic E-state index is -0.694. The standard InChI is InChI=1S/C16H10Br2N2O3/c17-9-5-6-13-10(7-9)15(22)16(23)20(13)8-14(21)19-12-4-2-1-3-11(12)18/h1-7H,8H2,(H,19,21). The van der Waals surface area contributed by atoms with Gasteiger partial charge in [0.1, 0.15) is 6.54 Å². The van der Waals surface area contributed by atoms with E-state index in [2.05, 4.69) is 37.2 Å². The van der Waals surface area contributed by atoms with E-state index in [4.69, 9.17) is 0 Å². The quantitative estimate of drug-likeness (QED) is 0.748. The van der Waals surface area contributed by atoms with Crippen LogP contribution in [0.25, 0.3) is 0 Å². The van der Waals surface area contributed by atoms with Crippen LogP contribution in [0, 0.1) is 0 Å². The van der Waals surface area contributed by atoms with Crippen molar-refractivity contribution in [3.63, 3.8) is 0 Å². The van der Waals surface area contributed by atoms with Crippen molar-refractivity contribution < 1.29 is 14.4 Å². The van der Waals surface area contributed by atoms with Gasteiger partial charge in [-0.05, 0) is 46.3 Å². The van der Waals surface area contributed by atoms with Gasteiger partial charge in [-0.1, -0.05) is 28.1 Å². The van der Waals surface area contributed by atoms with E-state index in [-0.39, 0.29) is 12.5 Å². The fraction of sp³-hybridized carbons (Fsp3) is 0.0625. The first-order valence-electron chi connectivity index (χ1n) is 6.67. The highest BCUT2D eigenvalue weighted by Gasteiger charge is 2.36. The van der Waals surface area contributed by atoms with E-state index in [0.29, 0.717) is 21.4 Å². The maximum atomic E-state index is 12.2. The zero-order valence-electron chi connectivity index (χ0n) is 11.7. The second-order valence-corrected chi connectivity index (χ2v) is 6.68. The van der Waals surface area contributed by atoms with E-state index >= 15 is 0 Å². The number of nitrogens with zero attached hydrogens (tertiary/aromatic N) is 1. The molecule has 0 fully saturated rings. The van der Waals surface area contributed by atoms with Crippen molar-refractivity contribution in [1.29, 1.82) is 0 Å². The summed E-state index contributed by atoms with van der Waals surface area (Å²) in [5.74, 6) is -1.68. The fourth-order valence-corrected chi connectivity index (χ4v) is 3.07. The van der Waals surface area contributed by atoms with E-state index in [0.717, 1.165) is 4.47 Å². The summed E-state index contributed by atoms with van der Waals surface area (Å²) in [4.78, 5) is 37.5. The number of carbonyl (C=O) groups is 3. The van der Waals surface area contributed by atoms with Crippen LogP contribution in [0.15, 0.2) is 51.4 Å². The summed E-state index contributed by atoms with van der Waals surface area (Å²) in [7, 11) is 0. The summed E-state index contributed by atoms with van der Waals surface area (Å²) in [6.45, 7) is -0.222. The molecule has 2 aromatic rings. The van der Waals surface area contributed by atoms with Gasteiger partial charge in [0.05, 0.1) is 16.9 Å². The predicted molar refractivity (Wildman–Crippen MR) is 93.6 cm³/mol. The molecular weight excluding hydrogens is 428 g/mol. The third-order valence-corrected chi connectivity index (χ3v) is 4.57. The van der Waals surface area contributed by atoms with Gasteiger partial charge in [0.15, 0.2) is 0 Å². The minimum Gasteiger partial charge on any atom is -0.324 e. The third-order valence-electron chi connectivity index (χ3n) is 3.38. The number of amides is 2. The Morgan fingerprint density at radius 1 is 1.09 bits per heavy atom. The monoisotopic (exact) mass is 436 g/mol. The highest BCUT2D eigenvalue weighted by Crippen LogP contribution is 2.31. The number of nitrogens with one attached hydrogen (secondary N) is 1. The molecule has 0 spiro atoms. The molecule has 2 amide bonds. The smallest absolute Gasteiger partial charge is 0.299 e. The molecule has 116 valence electrons. The van der Waals surface area contributed by atoms with Crippen LogP contribution in [0.3, 0.4) is 0 Å². The van der Waals surface area contributed by atoms with Gasteiger partial charge in [0.2, 0.25) is 5.91 Å². The molecule has 3 rings (SSSR count). The van der Waals surface area contributed by atoms with Crippen molar-refractivity contribution >= 4 is 60.8 Å². The lowest BCUT2D eigenvalue weighted by molar-refractivity contribution is -0.118. The first kappa shape index (κ1) is 15.9. The van der Waals surface area contributed by atoms with Gasteiger partial charge >= 0.3 is 0 Å². The molecule has 1 aliphatic rings. The number of carbonyl (C=O) groups excluding carboxylic acids is 3. The lowest BCUT2D eigenvalue weighted by Gasteiger charge is -2.16. The molecule has 0 saturated carbocycles. The van der Waals surface area contributed by atoms with Crippen LogP contribution in [-0.4, -0.2) is 24.1 Å². The lowest BCUT2D eigenvalue weighted by Crippen LogP contribution is -2.37. The lowest BCUT2D eigenvalue weighted by atomic mass is 10.1. The molecule has 0 atom stereocenters. The van der Waals surface area contributed by atoms with Crippen LogP contribution >= 0.6 is 31.9 Å². The summed E-state index contributed by atoms with van der Waals surface area (Å²) in [5.41, 5.74) is 1.36. The largest absolute Gasteiger partial charge is 0.324 e. The Balaban J connectivity index is 1.81. The van der Waals surface area contributed by atoms with E-state index in [9.17, 15) is 14.4 Å². The summed E-state index contributed by atoms with van der Waals surface area (Å²) in [5, 5.41) is 2.71. The Hall–Kier alpha value is -1.99. The van der Waals surface area contributed by atoms with Crippen molar-refractivity contribution in [2.24, 2.45) is 0 Å². The van der Waals surface area contributed by atoms with Crippen molar-refractivity contribution in [3.05, 3.63) is 57.0 Å². The van der Waals surface area contributed by atoms with Gasteiger partial charge in [0, 0.05) is 8.95 Å². The Morgan fingerprint density at radius 2 is 1.83 bits per heavy atom. The molecule has 0 unspecified atom stereocenters. The molecular formula is C16H10Br2N2O3. The van der Waals surface area contributed by atoms with Gasteiger partial charge in [0.25, 0.3) is 11.7 Å². The number of para-hydroxylation sites is 1. The second kappa shape index (κ2) is 6.25. The summed E-state index contributed by atoms with van der Waals surface area (Å²) in [6, 6.07) is 12.1. The number of hydrogen-bond donors (Lipinski definition) is 1. The zero-order chi connectivity index (χ0) is 16.6. The summed E-state index contributed by atoms with van der Waals surface area (Å²) in [6.07, 6.45) is 0. The highest BCUT2D eigenvalue weighted by atomic mass is 79.9. The van der Waals surface area contributed by atoms with E-state index in [1.165, 1.54) is 4.90 Å². The normalized spacial score (nSPS) is 13.2. The Labute approximate surface area is 148 Å². The van der Waals surface area contributed by atoms with Gasteiger partial charge in [-0.15, -0.1) is 0 Å². The maximum absolute atomic E-state index is 12.2. The van der Waals surface area contributed by atoms with Crippen LogP contribution in [0.2, 0.25) is 0 Å².